The van der Waals surface area contributed by atoms with Crippen molar-refractivity contribution in [1.82, 2.24) is 24.5 Å². The highest BCUT2D eigenvalue weighted by Crippen LogP contribution is 2.34. The fourth-order valence-electron chi connectivity index (χ4n) is 4.22. The molecule has 0 aliphatic carbocycles. The van der Waals surface area contributed by atoms with Gasteiger partial charge in [0.05, 0.1) is 5.52 Å². The summed E-state index contributed by atoms with van der Waals surface area (Å²) >= 11 is 0. The van der Waals surface area contributed by atoms with Gasteiger partial charge in [-0.15, -0.1) is 0 Å². The van der Waals surface area contributed by atoms with Crippen LogP contribution in [0.4, 0.5) is 5.82 Å². The summed E-state index contributed by atoms with van der Waals surface area (Å²) < 4.78 is 1.90. The van der Waals surface area contributed by atoms with E-state index in [4.69, 9.17) is 9.97 Å². The number of fused-ring (bicyclic) bond motifs is 1. The van der Waals surface area contributed by atoms with Crippen LogP contribution in [0.15, 0.2) is 61.2 Å². The molecule has 0 spiro atoms. The van der Waals surface area contributed by atoms with Gasteiger partial charge in [-0.05, 0) is 43.0 Å². The molecule has 5 rings (SSSR count). The van der Waals surface area contributed by atoms with Crippen LogP contribution in [0.2, 0.25) is 0 Å². The van der Waals surface area contributed by atoms with Crippen molar-refractivity contribution < 1.29 is 5.11 Å². The van der Waals surface area contributed by atoms with Gasteiger partial charge in [-0.25, -0.2) is 15.0 Å². The van der Waals surface area contributed by atoms with Crippen molar-refractivity contribution in [3.63, 3.8) is 0 Å². The van der Waals surface area contributed by atoms with Crippen molar-refractivity contribution in [1.29, 1.82) is 0 Å². The third-order valence-corrected chi connectivity index (χ3v) is 5.91. The summed E-state index contributed by atoms with van der Waals surface area (Å²) in [5.74, 6) is 2.56. The van der Waals surface area contributed by atoms with Crippen LogP contribution in [0.1, 0.15) is 24.8 Å². The van der Waals surface area contributed by atoms with E-state index in [0.717, 1.165) is 54.0 Å². The number of anilines is 1. The quantitative estimate of drug-likeness (QED) is 0.566. The van der Waals surface area contributed by atoms with Gasteiger partial charge in [-0.2, -0.15) is 0 Å². The monoisotopic (exact) mass is 400 g/mol. The molecule has 4 heterocycles. The topological polar surface area (TPSA) is 80.0 Å². The lowest BCUT2D eigenvalue weighted by Gasteiger charge is -2.35. The molecule has 152 valence electrons. The highest BCUT2D eigenvalue weighted by atomic mass is 16.3. The molecule has 1 saturated heterocycles. The van der Waals surface area contributed by atoms with Crippen LogP contribution in [0.5, 0.6) is 0 Å². The van der Waals surface area contributed by atoms with Crippen molar-refractivity contribution in [2.45, 2.75) is 18.9 Å². The van der Waals surface area contributed by atoms with E-state index in [1.165, 1.54) is 0 Å². The summed E-state index contributed by atoms with van der Waals surface area (Å²) in [6, 6.07) is 12.0. The van der Waals surface area contributed by atoms with Gasteiger partial charge >= 0.3 is 0 Å². The molecule has 1 unspecified atom stereocenters. The number of pyridine rings is 1. The number of piperidine rings is 1. The van der Waals surface area contributed by atoms with Gasteiger partial charge in [-0.3, -0.25) is 4.98 Å². The molecule has 7 heteroatoms. The second kappa shape index (κ2) is 7.84. The van der Waals surface area contributed by atoms with Crippen molar-refractivity contribution in [3.05, 3.63) is 67.0 Å². The van der Waals surface area contributed by atoms with E-state index in [0.29, 0.717) is 5.82 Å². The number of nitrogens with zero attached hydrogens (tertiary/aromatic N) is 6. The molecule has 1 fully saturated rings. The van der Waals surface area contributed by atoms with Gasteiger partial charge in [-0.1, -0.05) is 12.1 Å². The van der Waals surface area contributed by atoms with Crippen LogP contribution in [0, 0.1) is 5.92 Å². The van der Waals surface area contributed by atoms with Crippen LogP contribution < -0.4 is 4.90 Å². The minimum Gasteiger partial charge on any atom is -0.385 e. The van der Waals surface area contributed by atoms with Crippen molar-refractivity contribution in [2.75, 3.05) is 18.0 Å². The fourth-order valence-corrected chi connectivity index (χ4v) is 4.22. The number of para-hydroxylation sites is 1. The number of aliphatic hydroxyl groups excluding tert-OH is 1. The zero-order chi connectivity index (χ0) is 20.5. The Morgan fingerprint density at radius 2 is 1.87 bits per heavy atom. The largest absolute Gasteiger partial charge is 0.385 e. The number of benzene rings is 1. The van der Waals surface area contributed by atoms with E-state index in [1.807, 2.05) is 48.1 Å². The highest BCUT2D eigenvalue weighted by molar-refractivity contribution is 5.91. The lowest BCUT2D eigenvalue weighted by Crippen LogP contribution is -2.36. The first kappa shape index (κ1) is 18.7. The number of hydrogen-bond acceptors (Lipinski definition) is 6. The summed E-state index contributed by atoms with van der Waals surface area (Å²) in [6.45, 7) is 1.67. The molecule has 0 amide bonds. The first-order valence-corrected chi connectivity index (χ1v) is 10.3. The van der Waals surface area contributed by atoms with E-state index in [1.54, 1.807) is 18.6 Å². The SMILES string of the molecule is Cn1ccnc1C(O)C1CCN(c2nc(-c3cccnc3)nc3ccccc23)CC1. The molecule has 1 aliphatic rings. The Morgan fingerprint density at radius 3 is 2.60 bits per heavy atom. The molecule has 1 aliphatic heterocycles. The maximum Gasteiger partial charge on any atom is 0.163 e. The van der Waals surface area contributed by atoms with Crippen molar-refractivity contribution in [3.8, 4) is 11.4 Å². The second-order valence-corrected chi connectivity index (χ2v) is 7.80. The molecule has 0 radical (unpaired) electrons. The van der Waals surface area contributed by atoms with Crippen LogP contribution >= 0.6 is 0 Å². The Morgan fingerprint density at radius 1 is 1.03 bits per heavy atom. The summed E-state index contributed by atoms with van der Waals surface area (Å²) in [5.41, 5.74) is 1.83. The lowest BCUT2D eigenvalue weighted by molar-refractivity contribution is 0.0824. The Labute approximate surface area is 175 Å². The van der Waals surface area contributed by atoms with E-state index in [2.05, 4.69) is 20.9 Å². The third kappa shape index (κ3) is 3.41. The third-order valence-electron chi connectivity index (χ3n) is 5.91. The summed E-state index contributed by atoms with van der Waals surface area (Å²) in [7, 11) is 1.92. The Bertz CT molecular complexity index is 1150. The van der Waals surface area contributed by atoms with Gasteiger partial charge < -0.3 is 14.6 Å². The second-order valence-electron chi connectivity index (χ2n) is 7.80. The number of aromatic nitrogens is 5. The number of hydrogen-bond donors (Lipinski definition) is 1. The van der Waals surface area contributed by atoms with Crippen LogP contribution in [-0.2, 0) is 7.05 Å². The number of aryl methyl sites for hydroxylation is 1. The predicted octanol–water partition coefficient (Wildman–Crippen LogP) is 3.38. The first-order valence-electron chi connectivity index (χ1n) is 10.3. The molecular weight excluding hydrogens is 376 g/mol. The van der Waals surface area contributed by atoms with E-state index >= 15 is 0 Å². The van der Waals surface area contributed by atoms with Gasteiger partial charge in [0, 0.05) is 55.9 Å². The van der Waals surface area contributed by atoms with Crippen molar-refractivity contribution in [2.24, 2.45) is 13.0 Å². The Kier molecular flexibility index (Phi) is 4.88. The van der Waals surface area contributed by atoms with Crippen LogP contribution in [0.25, 0.3) is 22.3 Å². The summed E-state index contributed by atoms with van der Waals surface area (Å²) in [6.07, 6.45) is 8.39. The maximum atomic E-state index is 10.8. The first-order chi connectivity index (χ1) is 14.7. The summed E-state index contributed by atoms with van der Waals surface area (Å²) in [4.78, 5) is 20.5. The molecule has 1 atom stereocenters. The molecule has 0 saturated carbocycles. The standard InChI is InChI=1S/C23H24N6O/c1-28-14-11-25-23(28)20(30)16-8-12-29(13-9-16)22-18-6-2-3-7-19(18)26-21(27-22)17-5-4-10-24-15-17/h2-7,10-11,14-16,20,30H,8-9,12-13H2,1H3. The number of imidazole rings is 1. The Hall–Kier alpha value is -3.32. The fraction of sp³-hybridized carbons (Fsp3) is 0.304. The predicted molar refractivity (Wildman–Crippen MR) is 116 cm³/mol. The molecule has 30 heavy (non-hydrogen) atoms. The molecule has 3 aromatic heterocycles. The van der Waals surface area contributed by atoms with Crippen LogP contribution in [-0.4, -0.2) is 42.7 Å². The highest BCUT2D eigenvalue weighted by Gasteiger charge is 2.29. The molecule has 1 aromatic carbocycles. The van der Waals surface area contributed by atoms with Gasteiger partial charge in [0.1, 0.15) is 17.7 Å². The Balaban J connectivity index is 1.43. The van der Waals surface area contributed by atoms with E-state index in [9.17, 15) is 5.11 Å². The minimum atomic E-state index is -0.541. The van der Waals surface area contributed by atoms with Gasteiger partial charge in [0.15, 0.2) is 5.82 Å². The average Bonchev–Trinajstić information content (AvgIpc) is 3.24. The van der Waals surface area contributed by atoms with E-state index < -0.39 is 6.10 Å². The number of rotatable bonds is 4. The normalized spacial score (nSPS) is 16.1. The summed E-state index contributed by atoms with van der Waals surface area (Å²) in [5, 5.41) is 11.9. The van der Waals surface area contributed by atoms with Gasteiger partial charge in [0.2, 0.25) is 0 Å². The van der Waals surface area contributed by atoms with E-state index in [-0.39, 0.29) is 5.92 Å². The molecule has 4 aromatic rings. The maximum absolute atomic E-state index is 10.8. The van der Waals surface area contributed by atoms with Crippen LogP contribution in [0.3, 0.4) is 0 Å². The molecular formula is C23H24N6O. The molecule has 1 N–H and O–H groups in total. The van der Waals surface area contributed by atoms with Gasteiger partial charge in [0.25, 0.3) is 0 Å². The zero-order valence-electron chi connectivity index (χ0n) is 16.9. The smallest absolute Gasteiger partial charge is 0.163 e. The molecule has 0 bridgehead atoms. The number of aliphatic hydroxyl groups is 1. The molecule has 7 nitrogen and oxygen atoms in total. The average molecular weight is 400 g/mol. The lowest BCUT2D eigenvalue weighted by atomic mass is 9.90. The zero-order valence-corrected chi connectivity index (χ0v) is 16.9. The van der Waals surface area contributed by atoms with Crippen molar-refractivity contribution >= 4 is 16.7 Å². The minimum absolute atomic E-state index is 0.188.